The molecule has 0 bridgehead atoms. The normalized spacial score (nSPS) is 10.9. The van der Waals surface area contributed by atoms with Crippen LogP contribution in [0.15, 0.2) is 54.6 Å². The Balaban J connectivity index is 1.90. The van der Waals surface area contributed by atoms with Gasteiger partial charge in [0.05, 0.1) is 6.54 Å². The minimum absolute atomic E-state index is 0.193. The maximum absolute atomic E-state index is 12.4. The van der Waals surface area contributed by atoms with Gasteiger partial charge in [0, 0.05) is 5.56 Å². The van der Waals surface area contributed by atoms with Gasteiger partial charge in [-0.25, -0.2) is 10.6 Å². The molecule has 0 aromatic heterocycles. The summed E-state index contributed by atoms with van der Waals surface area (Å²) in [5.74, 6) is 5.59. The fourth-order valence-corrected chi connectivity index (χ4v) is 2.22. The van der Waals surface area contributed by atoms with Crippen molar-refractivity contribution >= 4 is 11.9 Å². The number of benzene rings is 2. The molecule has 0 atom stereocenters. The Bertz CT molecular complexity index is 737. The molecule has 138 valence electrons. The average molecular weight is 356 g/mol. The van der Waals surface area contributed by atoms with Gasteiger partial charge >= 0.3 is 5.97 Å². The van der Waals surface area contributed by atoms with Crippen LogP contribution >= 0.6 is 0 Å². The number of amides is 1. The summed E-state index contributed by atoms with van der Waals surface area (Å²) in [7, 11) is 0. The lowest BCUT2D eigenvalue weighted by Crippen LogP contribution is -2.36. The maximum Gasteiger partial charge on any atom is 0.344 e. The van der Waals surface area contributed by atoms with E-state index in [1.165, 1.54) is 0 Å². The number of carbonyl (C=O) groups excluding carboxylic acids is 2. The number of ether oxygens (including phenoxy) is 2. The number of hydrazine groups is 1. The second-order valence-electron chi connectivity index (χ2n) is 6.82. The molecule has 0 saturated heterocycles. The Morgan fingerprint density at radius 1 is 1.00 bits per heavy atom. The average Bonchev–Trinajstić information content (AvgIpc) is 2.59. The minimum Gasteiger partial charge on any atom is -0.482 e. The Morgan fingerprint density at radius 3 is 2.19 bits per heavy atom. The van der Waals surface area contributed by atoms with Gasteiger partial charge in [0.1, 0.15) is 11.4 Å². The van der Waals surface area contributed by atoms with Crippen LogP contribution in [0.2, 0.25) is 0 Å². The third-order valence-electron chi connectivity index (χ3n) is 3.33. The summed E-state index contributed by atoms with van der Waals surface area (Å²) in [5, 5.41) is 1.16. The van der Waals surface area contributed by atoms with E-state index in [1.54, 1.807) is 45.0 Å². The van der Waals surface area contributed by atoms with Crippen LogP contribution in [0, 0.1) is 0 Å². The summed E-state index contributed by atoms with van der Waals surface area (Å²) in [6, 6.07) is 16.0. The van der Waals surface area contributed by atoms with Crippen LogP contribution in [-0.4, -0.2) is 29.1 Å². The molecule has 0 aliphatic rings. The lowest BCUT2D eigenvalue weighted by molar-refractivity contribution is -0.157. The predicted octanol–water partition coefficient (Wildman–Crippen LogP) is 2.92. The highest BCUT2D eigenvalue weighted by atomic mass is 16.6. The number of esters is 1. The molecule has 0 unspecified atom stereocenters. The van der Waals surface area contributed by atoms with E-state index in [0.717, 1.165) is 10.6 Å². The van der Waals surface area contributed by atoms with Crippen molar-refractivity contribution in [2.24, 2.45) is 5.84 Å². The third-order valence-corrected chi connectivity index (χ3v) is 3.33. The molecule has 0 aliphatic carbocycles. The van der Waals surface area contributed by atoms with Crippen molar-refractivity contribution in [3.63, 3.8) is 0 Å². The molecule has 0 spiro atoms. The second-order valence-corrected chi connectivity index (χ2v) is 6.82. The standard InChI is InChI=1S/C20H24N2O4/c1-20(2,3)26-18(23)14-25-17-11-9-16(10-12-17)19(24)22(21)13-15-7-5-4-6-8-15/h4-12H,13-14,21H2,1-3H3. The molecule has 2 aromatic rings. The summed E-state index contributed by atoms with van der Waals surface area (Å²) in [6.45, 7) is 5.50. The van der Waals surface area contributed by atoms with Crippen LogP contribution in [0.3, 0.4) is 0 Å². The van der Waals surface area contributed by atoms with Crippen molar-refractivity contribution < 1.29 is 19.1 Å². The first kappa shape index (κ1) is 19.5. The maximum atomic E-state index is 12.4. The number of hydrogen-bond acceptors (Lipinski definition) is 5. The minimum atomic E-state index is -0.555. The summed E-state index contributed by atoms with van der Waals surface area (Å²) in [5.41, 5.74) is 0.828. The molecule has 0 heterocycles. The van der Waals surface area contributed by atoms with Gasteiger partial charge in [-0.2, -0.15) is 0 Å². The van der Waals surface area contributed by atoms with E-state index in [4.69, 9.17) is 15.3 Å². The van der Waals surface area contributed by atoms with Crippen molar-refractivity contribution in [1.29, 1.82) is 0 Å². The van der Waals surface area contributed by atoms with E-state index < -0.39 is 11.6 Å². The van der Waals surface area contributed by atoms with Crippen LogP contribution in [0.25, 0.3) is 0 Å². The predicted molar refractivity (Wildman–Crippen MR) is 98.3 cm³/mol. The van der Waals surface area contributed by atoms with E-state index in [9.17, 15) is 9.59 Å². The molecule has 0 radical (unpaired) electrons. The molecule has 26 heavy (non-hydrogen) atoms. The fourth-order valence-electron chi connectivity index (χ4n) is 2.22. The molecule has 0 saturated carbocycles. The molecule has 0 fully saturated rings. The highest BCUT2D eigenvalue weighted by Crippen LogP contribution is 2.15. The van der Waals surface area contributed by atoms with Crippen molar-refractivity contribution in [3.05, 3.63) is 65.7 Å². The monoisotopic (exact) mass is 356 g/mol. The molecule has 6 heteroatoms. The Labute approximate surface area is 153 Å². The van der Waals surface area contributed by atoms with Gasteiger partial charge < -0.3 is 9.47 Å². The molecule has 1 amide bonds. The van der Waals surface area contributed by atoms with Gasteiger partial charge in [-0.1, -0.05) is 30.3 Å². The Morgan fingerprint density at radius 2 is 1.62 bits per heavy atom. The first-order valence-corrected chi connectivity index (χ1v) is 8.30. The van der Waals surface area contributed by atoms with E-state index in [-0.39, 0.29) is 12.5 Å². The number of hydrogen-bond donors (Lipinski definition) is 1. The van der Waals surface area contributed by atoms with E-state index in [0.29, 0.717) is 17.9 Å². The highest BCUT2D eigenvalue weighted by molar-refractivity contribution is 5.93. The first-order chi connectivity index (χ1) is 12.2. The zero-order chi connectivity index (χ0) is 19.2. The molecule has 2 aromatic carbocycles. The van der Waals surface area contributed by atoms with Crippen molar-refractivity contribution in [2.45, 2.75) is 32.9 Å². The zero-order valence-corrected chi connectivity index (χ0v) is 15.3. The van der Waals surface area contributed by atoms with Gasteiger partial charge in [-0.05, 0) is 50.6 Å². The van der Waals surface area contributed by atoms with Gasteiger partial charge in [0.25, 0.3) is 5.91 Å². The van der Waals surface area contributed by atoms with Gasteiger partial charge in [-0.15, -0.1) is 0 Å². The van der Waals surface area contributed by atoms with E-state index >= 15 is 0 Å². The molecule has 2 N–H and O–H groups in total. The highest BCUT2D eigenvalue weighted by Gasteiger charge is 2.17. The molecule has 2 rings (SSSR count). The van der Waals surface area contributed by atoms with Crippen LogP contribution in [-0.2, 0) is 16.1 Å². The number of nitrogens with two attached hydrogens (primary N) is 1. The van der Waals surface area contributed by atoms with Gasteiger partial charge in [-0.3, -0.25) is 9.80 Å². The number of carbonyl (C=O) groups is 2. The van der Waals surface area contributed by atoms with Gasteiger partial charge in [0.15, 0.2) is 6.61 Å². The molecular weight excluding hydrogens is 332 g/mol. The molecule has 0 aliphatic heterocycles. The summed E-state index contributed by atoms with van der Waals surface area (Å²) in [6.07, 6.45) is 0. The number of rotatable bonds is 6. The van der Waals surface area contributed by atoms with Crippen molar-refractivity contribution in [3.8, 4) is 5.75 Å². The third kappa shape index (κ3) is 6.22. The Hall–Kier alpha value is -2.86. The number of nitrogens with zero attached hydrogens (tertiary/aromatic N) is 1. The zero-order valence-electron chi connectivity index (χ0n) is 15.3. The van der Waals surface area contributed by atoms with Crippen LogP contribution in [0.5, 0.6) is 5.75 Å². The van der Waals surface area contributed by atoms with Gasteiger partial charge in [0.2, 0.25) is 0 Å². The quantitative estimate of drug-likeness (QED) is 0.372. The SMILES string of the molecule is CC(C)(C)OC(=O)COc1ccc(C(=O)N(N)Cc2ccccc2)cc1. The topological polar surface area (TPSA) is 81.9 Å². The summed E-state index contributed by atoms with van der Waals surface area (Å²) < 4.78 is 10.5. The van der Waals surface area contributed by atoms with E-state index in [1.807, 2.05) is 30.3 Å². The van der Waals surface area contributed by atoms with Crippen LogP contribution in [0.1, 0.15) is 36.7 Å². The first-order valence-electron chi connectivity index (χ1n) is 8.30. The van der Waals surface area contributed by atoms with Crippen LogP contribution < -0.4 is 10.6 Å². The summed E-state index contributed by atoms with van der Waals surface area (Å²) >= 11 is 0. The summed E-state index contributed by atoms with van der Waals surface area (Å²) in [4.78, 5) is 24.0. The van der Waals surface area contributed by atoms with E-state index in [2.05, 4.69) is 0 Å². The smallest absolute Gasteiger partial charge is 0.344 e. The fraction of sp³-hybridized carbons (Fsp3) is 0.300. The lowest BCUT2D eigenvalue weighted by atomic mass is 10.2. The lowest BCUT2D eigenvalue weighted by Gasteiger charge is -2.19. The Kier molecular flexibility index (Phi) is 6.36. The molecular formula is C20H24N2O4. The van der Waals surface area contributed by atoms with Crippen molar-refractivity contribution in [2.75, 3.05) is 6.61 Å². The van der Waals surface area contributed by atoms with Crippen LogP contribution in [0.4, 0.5) is 0 Å². The largest absolute Gasteiger partial charge is 0.482 e. The molecule has 6 nitrogen and oxygen atoms in total. The second kappa shape index (κ2) is 8.49. The van der Waals surface area contributed by atoms with Crippen molar-refractivity contribution in [1.82, 2.24) is 5.01 Å².